The lowest BCUT2D eigenvalue weighted by molar-refractivity contribution is -0.137. The van der Waals surface area contributed by atoms with Crippen molar-refractivity contribution in [2.45, 2.75) is 20.0 Å². The molecule has 0 spiro atoms. The summed E-state index contributed by atoms with van der Waals surface area (Å²) in [5.41, 5.74) is 3.14. The Morgan fingerprint density at radius 1 is 1.08 bits per heavy atom. The van der Waals surface area contributed by atoms with Gasteiger partial charge in [0.05, 0.1) is 48.1 Å². The Balaban J connectivity index is 1.43. The Bertz CT molecular complexity index is 1490. The van der Waals surface area contributed by atoms with Gasteiger partial charge < -0.3 is 15.0 Å². The molecular formula is C25H25F3N8O2. The van der Waals surface area contributed by atoms with Crippen LogP contribution in [0, 0.1) is 13.8 Å². The maximum atomic E-state index is 13.6. The smallest absolute Gasteiger partial charge is 0.378 e. The molecule has 13 heteroatoms. The van der Waals surface area contributed by atoms with Crippen LogP contribution in [0.5, 0.6) is 0 Å². The molecule has 1 aromatic carbocycles. The largest absolute Gasteiger partial charge is 0.416 e. The van der Waals surface area contributed by atoms with Crippen LogP contribution in [0.25, 0.3) is 16.9 Å². The number of hydrogen-bond acceptors (Lipinski definition) is 7. The van der Waals surface area contributed by atoms with E-state index in [0.717, 1.165) is 23.4 Å². The number of benzene rings is 1. The highest BCUT2D eigenvalue weighted by Gasteiger charge is 2.32. The Kier molecular flexibility index (Phi) is 6.61. The fourth-order valence-electron chi connectivity index (χ4n) is 4.19. The molecule has 0 atom stereocenters. The molecule has 1 saturated heterocycles. The fraction of sp³-hybridized carbons (Fsp3) is 0.320. The van der Waals surface area contributed by atoms with Crippen molar-refractivity contribution in [2.24, 2.45) is 7.05 Å². The number of carbonyl (C=O) groups excluding carboxylic acids is 1. The lowest BCUT2D eigenvalue weighted by Crippen LogP contribution is -2.36. The monoisotopic (exact) mass is 526 g/mol. The fourth-order valence-corrected chi connectivity index (χ4v) is 4.19. The van der Waals surface area contributed by atoms with Crippen LogP contribution in [0.1, 0.15) is 27.3 Å². The molecule has 4 heterocycles. The molecule has 1 aliphatic heterocycles. The van der Waals surface area contributed by atoms with Crippen molar-refractivity contribution in [1.82, 2.24) is 29.8 Å². The summed E-state index contributed by atoms with van der Waals surface area (Å²) >= 11 is 0. The number of halogens is 3. The molecule has 0 unspecified atom stereocenters. The van der Waals surface area contributed by atoms with Gasteiger partial charge in [0.2, 0.25) is 0 Å². The molecule has 0 saturated carbocycles. The average molecular weight is 527 g/mol. The van der Waals surface area contributed by atoms with Gasteiger partial charge in [-0.25, -0.2) is 4.68 Å². The maximum Gasteiger partial charge on any atom is 0.416 e. The SMILES string of the molecule is Cc1ncc(C(=O)Nc2cc(N3CCOCC3)cc(C(F)(F)F)c2)cc1-n1cc(-c2cnn(C)c2C)nn1. The van der Waals surface area contributed by atoms with E-state index in [2.05, 4.69) is 25.7 Å². The molecule has 4 aromatic rings. The van der Waals surface area contributed by atoms with Crippen molar-refractivity contribution >= 4 is 17.3 Å². The summed E-state index contributed by atoms with van der Waals surface area (Å²) in [7, 11) is 1.83. The second-order valence-corrected chi connectivity index (χ2v) is 8.96. The van der Waals surface area contributed by atoms with Crippen molar-refractivity contribution in [3.05, 3.63) is 65.4 Å². The van der Waals surface area contributed by atoms with Gasteiger partial charge >= 0.3 is 6.18 Å². The molecule has 10 nitrogen and oxygen atoms in total. The predicted octanol–water partition coefficient (Wildman–Crippen LogP) is 3.79. The molecule has 1 aliphatic rings. The zero-order valence-corrected chi connectivity index (χ0v) is 21.0. The standard InChI is InChI=1S/C25H25F3N8O2/c1-15-23(36-14-22(32-33-36)21-13-30-34(3)16(21)2)8-17(12-29-15)24(37)31-19-9-18(25(26,27)28)10-20(11-19)35-4-6-38-7-5-35/h8-14H,4-7H2,1-3H3,(H,31,37). The number of nitrogens with one attached hydrogen (secondary N) is 1. The van der Waals surface area contributed by atoms with Crippen LogP contribution in [0.15, 0.2) is 42.9 Å². The van der Waals surface area contributed by atoms with Gasteiger partial charge in [0.25, 0.3) is 5.91 Å². The van der Waals surface area contributed by atoms with Crippen molar-refractivity contribution in [3.63, 3.8) is 0 Å². The van der Waals surface area contributed by atoms with E-state index in [-0.39, 0.29) is 11.3 Å². The highest BCUT2D eigenvalue weighted by atomic mass is 19.4. The summed E-state index contributed by atoms with van der Waals surface area (Å²) in [4.78, 5) is 19.2. The first-order valence-corrected chi connectivity index (χ1v) is 11.8. The van der Waals surface area contributed by atoms with Gasteiger partial charge in [-0.2, -0.15) is 18.3 Å². The number of alkyl halides is 3. The minimum Gasteiger partial charge on any atom is -0.378 e. The average Bonchev–Trinajstić information content (AvgIpc) is 3.50. The van der Waals surface area contributed by atoms with Gasteiger partial charge in [0, 0.05) is 49.0 Å². The Morgan fingerprint density at radius 3 is 2.53 bits per heavy atom. The summed E-state index contributed by atoms with van der Waals surface area (Å²) in [5.74, 6) is -0.602. The maximum absolute atomic E-state index is 13.6. The van der Waals surface area contributed by atoms with Gasteiger partial charge in [-0.1, -0.05) is 5.21 Å². The van der Waals surface area contributed by atoms with E-state index >= 15 is 0 Å². The zero-order valence-electron chi connectivity index (χ0n) is 21.0. The molecule has 1 amide bonds. The molecule has 1 fully saturated rings. The Morgan fingerprint density at radius 2 is 1.84 bits per heavy atom. The molecule has 5 rings (SSSR count). The lowest BCUT2D eigenvalue weighted by Gasteiger charge is -2.29. The number of rotatable bonds is 5. The molecule has 198 valence electrons. The number of aromatic nitrogens is 6. The second-order valence-electron chi connectivity index (χ2n) is 8.96. The van der Waals surface area contributed by atoms with Crippen LogP contribution in [0.3, 0.4) is 0 Å². The van der Waals surface area contributed by atoms with Crippen LogP contribution in [0.4, 0.5) is 24.5 Å². The van der Waals surface area contributed by atoms with E-state index in [1.165, 1.54) is 16.9 Å². The van der Waals surface area contributed by atoms with E-state index in [1.54, 1.807) is 35.0 Å². The number of ether oxygens (including phenoxy) is 1. The van der Waals surface area contributed by atoms with E-state index in [0.29, 0.717) is 49.1 Å². The molecule has 38 heavy (non-hydrogen) atoms. The zero-order chi connectivity index (χ0) is 27.0. The number of anilines is 2. The van der Waals surface area contributed by atoms with Crippen LogP contribution in [-0.2, 0) is 18.0 Å². The van der Waals surface area contributed by atoms with Gasteiger partial charge in [-0.15, -0.1) is 5.10 Å². The number of pyridine rings is 1. The first kappa shape index (κ1) is 25.4. The van der Waals surface area contributed by atoms with Crippen LogP contribution in [0.2, 0.25) is 0 Å². The number of nitrogens with zero attached hydrogens (tertiary/aromatic N) is 7. The number of amides is 1. The third-order valence-corrected chi connectivity index (χ3v) is 6.45. The van der Waals surface area contributed by atoms with Gasteiger partial charge in [-0.05, 0) is 38.1 Å². The van der Waals surface area contributed by atoms with Gasteiger partial charge in [-0.3, -0.25) is 14.5 Å². The number of aryl methyl sites for hydroxylation is 2. The predicted molar refractivity (Wildman–Crippen MR) is 133 cm³/mol. The second kappa shape index (κ2) is 9.89. The molecule has 1 N–H and O–H groups in total. The van der Waals surface area contributed by atoms with Crippen molar-refractivity contribution < 1.29 is 22.7 Å². The summed E-state index contributed by atoms with van der Waals surface area (Å²) < 4.78 is 49.4. The van der Waals surface area contributed by atoms with Crippen LogP contribution < -0.4 is 10.2 Å². The summed E-state index contributed by atoms with van der Waals surface area (Å²) in [5, 5.41) is 15.2. The number of carbonyl (C=O) groups is 1. The first-order chi connectivity index (χ1) is 18.1. The molecule has 0 aliphatic carbocycles. The van der Waals surface area contributed by atoms with E-state index in [9.17, 15) is 18.0 Å². The Labute approximate surface area is 216 Å². The quantitative estimate of drug-likeness (QED) is 0.422. The minimum atomic E-state index is -4.57. The Hall–Kier alpha value is -4.26. The molecule has 0 radical (unpaired) electrons. The highest BCUT2D eigenvalue weighted by Crippen LogP contribution is 2.35. The normalized spacial score (nSPS) is 14.1. The minimum absolute atomic E-state index is 0.0311. The number of morpholine rings is 1. The third kappa shape index (κ3) is 5.09. The highest BCUT2D eigenvalue weighted by molar-refractivity contribution is 6.04. The lowest BCUT2D eigenvalue weighted by atomic mass is 10.1. The van der Waals surface area contributed by atoms with Crippen molar-refractivity contribution in [3.8, 4) is 16.9 Å². The van der Waals surface area contributed by atoms with Gasteiger partial charge in [0.15, 0.2) is 0 Å². The number of hydrogen-bond donors (Lipinski definition) is 1. The van der Waals surface area contributed by atoms with Crippen molar-refractivity contribution in [1.29, 1.82) is 0 Å². The van der Waals surface area contributed by atoms with E-state index in [1.807, 2.05) is 14.0 Å². The van der Waals surface area contributed by atoms with Crippen LogP contribution in [-0.4, -0.2) is 62.0 Å². The summed E-state index contributed by atoms with van der Waals surface area (Å²) in [6.07, 6.45) is 0.196. The van der Waals surface area contributed by atoms with Gasteiger partial charge in [0.1, 0.15) is 5.69 Å². The van der Waals surface area contributed by atoms with E-state index in [4.69, 9.17) is 4.74 Å². The summed E-state index contributed by atoms with van der Waals surface area (Å²) in [6, 6.07) is 5.10. The first-order valence-electron chi connectivity index (χ1n) is 11.8. The van der Waals surface area contributed by atoms with E-state index < -0.39 is 17.6 Å². The topological polar surface area (TPSA) is 103 Å². The molecular weight excluding hydrogens is 501 g/mol. The molecule has 3 aromatic heterocycles. The third-order valence-electron chi connectivity index (χ3n) is 6.45. The molecule has 0 bridgehead atoms. The van der Waals surface area contributed by atoms with Crippen molar-refractivity contribution in [2.75, 3.05) is 36.5 Å². The summed E-state index contributed by atoms with van der Waals surface area (Å²) in [6.45, 7) is 5.42. The van der Waals surface area contributed by atoms with Crippen LogP contribution >= 0.6 is 0 Å².